The first-order valence-electron chi connectivity index (χ1n) is 8.83. The molecule has 3 aromatic carbocycles. The van der Waals surface area contributed by atoms with Crippen molar-refractivity contribution in [1.82, 2.24) is 0 Å². The van der Waals surface area contributed by atoms with E-state index in [9.17, 15) is 4.79 Å². The largest absolute Gasteiger partial charge is 0.489 e. The van der Waals surface area contributed by atoms with Gasteiger partial charge in [0.05, 0.1) is 13.0 Å². The van der Waals surface area contributed by atoms with Crippen molar-refractivity contribution in [3.8, 4) is 16.9 Å². The Kier molecular flexibility index (Phi) is 6.05. The van der Waals surface area contributed by atoms with E-state index in [1.165, 1.54) is 0 Å². The lowest BCUT2D eigenvalue weighted by molar-refractivity contribution is -0.136. The van der Waals surface area contributed by atoms with E-state index >= 15 is 0 Å². The predicted octanol–water partition coefficient (Wildman–Crippen LogP) is 4.57. The minimum absolute atomic E-state index is 0.0933. The Balaban J connectivity index is 1.87. The molecule has 3 rings (SSSR count). The zero-order valence-corrected chi connectivity index (χ0v) is 15.3. The Bertz CT molecular complexity index is 1040. The molecule has 3 N–H and O–H groups in total. The molecule has 0 fully saturated rings. The zero-order chi connectivity index (χ0) is 19.9. The fourth-order valence-electron chi connectivity index (χ4n) is 2.98. The molecule has 0 spiro atoms. The molecule has 0 saturated heterocycles. The number of nitrogens with two attached hydrogens (primary N) is 1. The van der Waals surface area contributed by atoms with Gasteiger partial charge < -0.3 is 15.6 Å². The maximum Gasteiger partial charge on any atom is 0.307 e. The minimum Gasteiger partial charge on any atom is -0.489 e. The van der Waals surface area contributed by atoms with Crippen LogP contribution in [0.3, 0.4) is 0 Å². The first-order valence-corrected chi connectivity index (χ1v) is 8.83. The van der Waals surface area contributed by atoms with Gasteiger partial charge in [0.25, 0.3) is 0 Å². The Morgan fingerprint density at radius 3 is 2.61 bits per heavy atom. The van der Waals surface area contributed by atoms with Crippen LogP contribution >= 0.6 is 0 Å². The van der Waals surface area contributed by atoms with Crippen LogP contribution < -0.4 is 10.5 Å². The molecule has 0 radical (unpaired) electrons. The number of benzene rings is 3. The summed E-state index contributed by atoms with van der Waals surface area (Å²) in [6.45, 7) is 8.16. The Hall–Kier alpha value is -3.62. The van der Waals surface area contributed by atoms with E-state index in [-0.39, 0.29) is 13.0 Å². The highest BCUT2D eigenvalue weighted by Crippen LogP contribution is 2.32. The predicted molar refractivity (Wildman–Crippen MR) is 108 cm³/mol. The number of hydrogen-bond acceptors (Lipinski definition) is 3. The Labute approximate surface area is 163 Å². The van der Waals surface area contributed by atoms with Gasteiger partial charge in [0, 0.05) is 12.1 Å². The third kappa shape index (κ3) is 4.56. The maximum atomic E-state index is 11.0. The van der Waals surface area contributed by atoms with E-state index in [0.29, 0.717) is 23.5 Å². The average Bonchev–Trinajstić information content (AvgIpc) is 2.72. The molecule has 0 unspecified atom stereocenters. The number of nitrogens with zero attached hydrogens (tertiary/aromatic N) is 1. The third-order valence-electron chi connectivity index (χ3n) is 4.36. The van der Waals surface area contributed by atoms with Gasteiger partial charge in [-0.3, -0.25) is 4.79 Å². The van der Waals surface area contributed by atoms with Crippen molar-refractivity contribution in [2.24, 2.45) is 5.73 Å². The summed E-state index contributed by atoms with van der Waals surface area (Å²) < 4.78 is 5.87. The summed E-state index contributed by atoms with van der Waals surface area (Å²) in [4.78, 5) is 14.6. The molecule has 0 saturated carbocycles. The second-order valence-electron chi connectivity index (χ2n) is 6.33. The zero-order valence-electron chi connectivity index (χ0n) is 15.3. The van der Waals surface area contributed by atoms with E-state index < -0.39 is 5.97 Å². The van der Waals surface area contributed by atoms with Crippen molar-refractivity contribution < 1.29 is 14.6 Å². The van der Waals surface area contributed by atoms with Gasteiger partial charge in [0.1, 0.15) is 12.4 Å². The number of hydrogen-bond donors (Lipinski definition) is 2. The standard InChI is InChI=1S/C23H20N2O3/c1-25-21-10-9-17(12-20(21)18-7-4-5-16(11-18)14-24)15-28-22-8-3-2-6-19(22)13-23(26)27/h2-12H,13-15,24H2,(H,26,27). The molecule has 5 heteroatoms. The van der Waals surface area contributed by atoms with Gasteiger partial charge in [-0.05, 0) is 28.3 Å². The van der Waals surface area contributed by atoms with Crippen LogP contribution in [-0.4, -0.2) is 11.1 Å². The fraction of sp³-hybridized carbons (Fsp3) is 0.130. The summed E-state index contributed by atoms with van der Waals surface area (Å²) in [7, 11) is 0. The van der Waals surface area contributed by atoms with Crippen LogP contribution in [0.2, 0.25) is 0 Å². The lowest BCUT2D eigenvalue weighted by Crippen LogP contribution is -2.04. The van der Waals surface area contributed by atoms with Crippen LogP contribution in [0.15, 0.2) is 66.7 Å². The molecule has 0 atom stereocenters. The van der Waals surface area contributed by atoms with Crippen LogP contribution in [0, 0.1) is 6.57 Å². The molecule has 0 aliphatic carbocycles. The van der Waals surface area contributed by atoms with Gasteiger partial charge in [-0.2, -0.15) is 0 Å². The molecular weight excluding hydrogens is 352 g/mol. The molecule has 0 bridgehead atoms. The van der Waals surface area contributed by atoms with Crippen LogP contribution in [0.5, 0.6) is 5.75 Å². The quantitative estimate of drug-likeness (QED) is 0.596. The maximum absolute atomic E-state index is 11.0. The van der Waals surface area contributed by atoms with E-state index in [2.05, 4.69) is 4.85 Å². The molecule has 0 aliphatic heterocycles. The number of rotatable bonds is 7. The summed E-state index contributed by atoms with van der Waals surface area (Å²) in [5.41, 5.74) is 10.6. The van der Waals surface area contributed by atoms with Gasteiger partial charge in [-0.1, -0.05) is 60.7 Å². The lowest BCUT2D eigenvalue weighted by atomic mass is 9.99. The second-order valence-corrected chi connectivity index (χ2v) is 6.33. The molecular formula is C23H20N2O3. The molecule has 0 aliphatic rings. The van der Waals surface area contributed by atoms with E-state index in [4.69, 9.17) is 22.1 Å². The highest BCUT2D eigenvalue weighted by molar-refractivity contribution is 5.79. The molecule has 140 valence electrons. The Morgan fingerprint density at radius 1 is 1.04 bits per heavy atom. The van der Waals surface area contributed by atoms with Gasteiger partial charge in [0.15, 0.2) is 5.69 Å². The van der Waals surface area contributed by atoms with Crippen molar-refractivity contribution in [2.75, 3.05) is 0 Å². The first kappa shape index (κ1) is 19.2. The number of carboxylic acid groups (broad SMARTS) is 1. The second kappa shape index (κ2) is 8.85. The normalized spacial score (nSPS) is 10.3. The molecule has 0 heterocycles. The van der Waals surface area contributed by atoms with Crippen LogP contribution in [0.1, 0.15) is 16.7 Å². The molecule has 0 amide bonds. The van der Waals surface area contributed by atoms with Crippen LogP contribution in [0.4, 0.5) is 5.69 Å². The van der Waals surface area contributed by atoms with Gasteiger partial charge >= 0.3 is 5.97 Å². The highest BCUT2D eigenvalue weighted by Gasteiger charge is 2.10. The number of aliphatic carboxylic acids is 1. The van der Waals surface area contributed by atoms with Crippen LogP contribution in [-0.2, 0) is 24.4 Å². The van der Waals surface area contributed by atoms with Crippen molar-refractivity contribution in [3.05, 3.63) is 94.8 Å². The van der Waals surface area contributed by atoms with Gasteiger partial charge in [-0.15, -0.1) is 0 Å². The fourth-order valence-corrected chi connectivity index (χ4v) is 2.98. The number of ether oxygens (including phenoxy) is 1. The average molecular weight is 372 g/mol. The number of carbonyl (C=O) groups is 1. The SMILES string of the molecule is [C-]#[N+]c1ccc(COc2ccccc2CC(=O)O)cc1-c1cccc(CN)c1. The van der Waals surface area contributed by atoms with E-state index in [1.54, 1.807) is 24.3 Å². The monoisotopic (exact) mass is 372 g/mol. The Morgan fingerprint density at radius 2 is 1.86 bits per heavy atom. The summed E-state index contributed by atoms with van der Waals surface area (Å²) in [5, 5.41) is 9.05. The molecule has 5 nitrogen and oxygen atoms in total. The summed E-state index contributed by atoms with van der Waals surface area (Å²) in [6, 6.07) is 20.5. The van der Waals surface area contributed by atoms with Crippen molar-refractivity contribution in [2.45, 2.75) is 19.6 Å². The molecule has 0 aromatic heterocycles. The smallest absolute Gasteiger partial charge is 0.307 e. The van der Waals surface area contributed by atoms with Crippen LogP contribution in [0.25, 0.3) is 16.0 Å². The van der Waals surface area contributed by atoms with E-state index in [1.807, 2.05) is 42.5 Å². The first-order chi connectivity index (χ1) is 13.6. The number of para-hydroxylation sites is 1. The summed E-state index contributed by atoms with van der Waals surface area (Å²) >= 11 is 0. The summed E-state index contributed by atoms with van der Waals surface area (Å²) in [5.74, 6) is -0.356. The number of carboxylic acids is 1. The van der Waals surface area contributed by atoms with Crippen molar-refractivity contribution in [1.29, 1.82) is 0 Å². The summed E-state index contributed by atoms with van der Waals surface area (Å²) in [6.07, 6.45) is -0.0933. The van der Waals surface area contributed by atoms with Crippen molar-refractivity contribution >= 4 is 11.7 Å². The molecule has 28 heavy (non-hydrogen) atoms. The van der Waals surface area contributed by atoms with Gasteiger partial charge in [0.2, 0.25) is 0 Å². The lowest BCUT2D eigenvalue weighted by Gasteiger charge is -2.12. The highest BCUT2D eigenvalue weighted by atomic mass is 16.5. The third-order valence-corrected chi connectivity index (χ3v) is 4.36. The topological polar surface area (TPSA) is 76.9 Å². The van der Waals surface area contributed by atoms with Crippen molar-refractivity contribution in [3.63, 3.8) is 0 Å². The minimum atomic E-state index is -0.903. The van der Waals surface area contributed by atoms with E-state index in [0.717, 1.165) is 22.3 Å². The molecule has 3 aromatic rings. The van der Waals surface area contributed by atoms with Gasteiger partial charge in [-0.25, -0.2) is 4.85 Å².